The molecule has 3 heteroatoms. The van der Waals surface area contributed by atoms with E-state index in [0.29, 0.717) is 12.1 Å². The van der Waals surface area contributed by atoms with Crippen molar-refractivity contribution in [2.24, 2.45) is 0 Å². The molecule has 0 aliphatic heterocycles. The lowest BCUT2D eigenvalue weighted by molar-refractivity contribution is 0.0951. The van der Waals surface area contributed by atoms with Gasteiger partial charge in [-0.25, -0.2) is 0 Å². The van der Waals surface area contributed by atoms with Gasteiger partial charge in [-0.05, 0) is 41.8 Å². The van der Waals surface area contributed by atoms with Crippen LogP contribution in [0.15, 0.2) is 73.1 Å². The van der Waals surface area contributed by atoms with Crippen molar-refractivity contribution in [3.63, 3.8) is 0 Å². The summed E-state index contributed by atoms with van der Waals surface area (Å²) in [5.41, 5.74) is 5.04. The molecule has 3 aromatic rings. The van der Waals surface area contributed by atoms with Gasteiger partial charge < -0.3 is 5.32 Å². The van der Waals surface area contributed by atoms with Crippen LogP contribution in [0.5, 0.6) is 0 Å². The van der Waals surface area contributed by atoms with E-state index in [4.69, 9.17) is 0 Å². The van der Waals surface area contributed by atoms with E-state index in [1.807, 2.05) is 67.7 Å². The number of pyridine rings is 1. The Morgan fingerprint density at radius 3 is 2.52 bits per heavy atom. The number of nitrogens with zero attached hydrogens (tertiary/aromatic N) is 1. The fourth-order valence-corrected chi connectivity index (χ4v) is 2.45. The molecule has 0 bridgehead atoms. The number of hydrogen-bond donors (Lipinski definition) is 1. The third kappa shape index (κ3) is 3.83. The van der Waals surface area contributed by atoms with Crippen LogP contribution in [0.3, 0.4) is 0 Å². The van der Waals surface area contributed by atoms with Crippen LogP contribution >= 0.6 is 0 Å². The molecule has 0 fully saturated rings. The Labute approximate surface area is 136 Å². The summed E-state index contributed by atoms with van der Waals surface area (Å²) in [6.45, 7) is 2.58. The number of nitrogens with one attached hydrogen (secondary N) is 1. The van der Waals surface area contributed by atoms with Gasteiger partial charge >= 0.3 is 0 Å². The van der Waals surface area contributed by atoms with Crippen LogP contribution in [-0.2, 0) is 6.54 Å². The molecule has 0 aliphatic rings. The van der Waals surface area contributed by atoms with Crippen LogP contribution in [0.2, 0.25) is 0 Å². The number of benzene rings is 2. The summed E-state index contributed by atoms with van der Waals surface area (Å²) in [6.07, 6.45) is 3.56. The second-order valence-corrected chi connectivity index (χ2v) is 5.49. The van der Waals surface area contributed by atoms with Crippen LogP contribution in [0.25, 0.3) is 11.1 Å². The zero-order valence-corrected chi connectivity index (χ0v) is 13.0. The van der Waals surface area contributed by atoms with Crippen LogP contribution in [0, 0.1) is 6.92 Å². The maximum atomic E-state index is 12.2. The molecule has 0 saturated carbocycles. The van der Waals surface area contributed by atoms with Gasteiger partial charge in [0.05, 0.1) is 0 Å². The molecule has 3 nitrogen and oxygen atoms in total. The maximum Gasteiger partial charge on any atom is 0.251 e. The van der Waals surface area contributed by atoms with E-state index < -0.39 is 0 Å². The summed E-state index contributed by atoms with van der Waals surface area (Å²) in [5, 5.41) is 2.95. The van der Waals surface area contributed by atoms with Gasteiger partial charge in [0, 0.05) is 24.5 Å². The van der Waals surface area contributed by atoms with Crippen molar-refractivity contribution in [2.75, 3.05) is 0 Å². The molecule has 0 radical (unpaired) electrons. The molecule has 2 aromatic carbocycles. The van der Waals surface area contributed by atoms with E-state index in [1.54, 1.807) is 6.20 Å². The Hall–Kier alpha value is -2.94. The van der Waals surface area contributed by atoms with E-state index in [2.05, 4.69) is 16.4 Å². The number of rotatable bonds is 4. The number of carbonyl (C=O) groups excluding carboxylic acids is 1. The molecule has 23 heavy (non-hydrogen) atoms. The van der Waals surface area contributed by atoms with Crippen molar-refractivity contribution in [3.05, 3.63) is 89.7 Å². The van der Waals surface area contributed by atoms with E-state index in [9.17, 15) is 4.79 Å². The molecule has 0 spiro atoms. The smallest absolute Gasteiger partial charge is 0.251 e. The Bertz CT molecular complexity index is 795. The van der Waals surface area contributed by atoms with Gasteiger partial charge in [0.15, 0.2) is 0 Å². The normalized spacial score (nSPS) is 10.3. The Kier molecular flexibility index (Phi) is 4.48. The number of aryl methyl sites for hydroxylation is 1. The van der Waals surface area contributed by atoms with Gasteiger partial charge in [0.25, 0.3) is 5.91 Å². The van der Waals surface area contributed by atoms with E-state index in [1.165, 1.54) is 5.56 Å². The van der Waals surface area contributed by atoms with Crippen molar-refractivity contribution >= 4 is 5.91 Å². The fraction of sp³-hybridized carbons (Fsp3) is 0.100. The topological polar surface area (TPSA) is 42.0 Å². The van der Waals surface area contributed by atoms with Crippen molar-refractivity contribution in [1.82, 2.24) is 10.3 Å². The van der Waals surface area contributed by atoms with E-state index in [-0.39, 0.29) is 5.91 Å². The van der Waals surface area contributed by atoms with Gasteiger partial charge in [-0.1, -0.05) is 48.0 Å². The molecule has 0 unspecified atom stereocenters. The summed E-state index contributed by atoms with van der Waals surface area (Å²) in [6, 6.07) is 19.6. The first-order valence-corrected chi connectivity index (χ1v) is 7.56. The van der Waals surface area contributed by atoms with Crippen LogP contribution in [0.4, 0.5) is 0 Å². The predicted octanol–water partition coefficient (Wildman–Crippen LogP) is 3.99. The summed E-state index contributed by atoms with van der Waals surface area (Å²) >= 11 is 0. The van der Waals surface area contributed by atoms with E-state index >= 15 is 0 Å². The number of hydrogen-bond acceptors (Lipinski definition) is 2. The SMILES string of the molecule is Cc1cccc(CNC(=O)c2ccc(-c3cccnc3)cc2)c1. The molecule has 114 valence electrons. The second-order valence-electron chi connectivity index (χ2n) is 5.49. The van der Waals surface area contributed by atoms with Crippen LogP contribution < -0.4 is 5.32 Å². The van der Waals surface area contributed by atoms with Crippen molar-refractivity contribution < 1.29 is 4.79 Å². The molecule has 1 heterocycles. The van der Waals surface area contributed by atoms with Gasteiger partial charge in [-0.2, -0.15) is 0 Å². The Morgan fingerprint density at radius 2 is 1.83 bits per heavy atom. The molecule has 1 aromatic heterocycles. The average molecular weight is 302 g/mol. The zero-order valence-electron chi connectivity index (χ0n) is 13.0. The highest BCUT2D eigenvalue weighted by Crippen LogP contribution is 2.18. The molecule has 1 amide bonds. The quantitative estimate of drug-likeness (QED) is 0.792. The lowest BCUT2D eigenvalue weighted by Gasteiger charge is -2.07. The molecular weight excluding hydrogens is 284 g/mol. The predicted molar refractivity (Wildman–Crippen MR) is 92.0 cm³/mol. The molecule has 0 atom stereocenters. The van der Waals surface area contributed by atoms with Crippen molar-refractivity contribution in [1.29, 1.82) is 0 Å². The first-order valence-electron chi connectivity index (χ1n) is 7.56. The zero-order chi connectivity index (χ0) is 16.1. The van der Waals surface area contributed by atoms with Crippen LogP contribution in [0.1, 0.15) is 21.5 Å². The highest BCUT2D eigenvalue weighted by atomic mass is 16.1. The van der Waals surface area contributed by atoms with Gasteiger partial charge in [0.1, 0.15) is 0 Å². The second kappa shape index (κ2) is 6.88. The largest absolute Gasteiger partial charge is 0.348 e. The van der Waals surface area contributed by atoms with Crippen molar-refractivity contribution in [3.8, 4) is 11.1 Å². The average Bonchev–Trinajstić information content (AvgIpc) is 2.61. The third-order valence-corrected chi connectivity index (χ3v) is 3.68. The standard InChI is InChI=1S/C20H18N2O/c1-15-4-2-5-16(12-15)13-22-20(23)18-9-7-17(8-10-18)19-6-3-11-21-14-19/h2-12,14H,13H2,1H3,(H,22,23). The van der Waals surface area contributed by atoms with Crippen molar-refractivity contribution in [2.45, 2.75) is 13.5 Å². The third-order valence-electron chi connectivity index (χ3n) is 3.68. The summed E-state index contributed by atoms with van der Waals surface area (Å²) in [5.74, 6) is -0.0655. The number of amides is 1. The minimum atomic E-state index is -0.0655. The Morgan fingerprint density at radius 1 is 1.00 bits per heavy atom. The molecule has 0 saturated heterocycles. The minimum absolute atomic E-state index is 0.0655. The lowest BCUT2D eigenvalue weighted by atomic mass is 10.1. The summed E-state index contributed by atoms with van der Waals surface area (Å²) in [4.78, 5) is 16.3. The summed E-state index contributed by atoms with van der Waals surface area (Å²) < 4.78 is 0. The van der Waals surface area contributed by atoms with Crippen LogP contribution in [-0.4, -0.2) is 10.9 Å². The monoisotopic (exact) mass is 302 g/mol. The van der Waals surface area contributed by atoms with Gasteiger partial charge in [-0.3, -0.25) is 9.78 Å². The summed E-state index contributed by atoms with van der Waals surface area (Å²) in [7, 11) is 0. The molecular formula is C20H18N2O. The lowest BCUT2D eigenvalue weighted by Crippen LogP contribution is -2.22. The minimum Gasteiger partial charge on any atom is -0.348 e. The number of aromatic nitrogens is 1. The Balaban J connectivity index is 1.66. The van der Waals surface area contributed by atoms with E-state index in [0.717, 1.165) is 16.7 Å². The first-order chi connectivity index (χ1) is 11.2. The molecule has 0 aliphatic carbocycles. The fourth-order valence-electron chi connectivity index (χ4n) is 2.45. The maximum absolute atomic E-state index is 12.2. The van der Waals surface area contributed by atoms with Gasteiger partial charge in [0.2, 0.25) is 0 Å². The first kappa shape index (κ1) is 15.0. The molecule has 3 rings (SSSR count). The molecule has 1 N–H and O–H groups in total. The highest BCUT2D eigenvalue weighted by Gasteiger charge is 2.06. The van der Waals surface area contributed by atoms with Gasteiger partial charge in [-0.15, -0.1) is 0 Å². The number of carbonyl (C=O) groups is 1. The highest BCUT2D eigenvalue weighted by molar-refractivity contribution is 5.94.